The van der Waals surface area contributed by atoms with Crippen molar-refractivity contribution in [1.82, 2.24) is 14.9 Å². The van der Waals surface area contributed by atoms with Gasteiger partial charge in [-0.25, -0.2) is 4.98 Å². The Hall–Kier alpha value is -3.41. The number of benzene rings is 2. The van der Waals surface area contributed by atoms with Crippen LogP contribution >= 0.6 is 0 Å². The summed E-state index contributed by atoms with van der Waals surface area (Å²) in [6.45, 7) is 3.29. The number of carbonyl (C=O) groups excluding carboxylic acids is 1. The van der Waals surface area contributed by atoms with Crippen LogP contribution in [0, 0.1) is 0 Å². The van der Waals surface area contributed by atoms with Gasteiger partial charge in [-0.15, -0.1) is 0 Å². The van der Waals surface area contributed by atoms with E-state index in [1.54, 1.807) is 17.2 Å². The van der Waals surface area contributed by atoms with Crippen LogP contribution in [0.2, 0.25) is 0 Å². The number of amides is 1. The van der Waals surface area contributed by atoms with Crippen molar-refractivity contribution in [3.8, 4) is 11.5 Å². The molecule has 0 saturated carbocycles. The van der Waals surface area contributed by atoms with E-state index in [2.05, 4.69) is 9.97 Å². The zero-order valence-electron chi connectivity index (χ0n) is 15.0. The van der Waals surface area contributed by atoms with E-state index < -0.39 is 0 Å². The molecule has 0 atom stereocenters. The monoisotopic (exact) mass is 361 g/mol. The van der Waals surface area contributed by atoms with Crippen molar-refractivity contribution < 1.29 is 14.3 Å². The van der Waals surface area contributed by atoms with Crippen LogP contribution in [0.5, 0.6) is 11.5 Å². The van der Waals surface area contributed by atoms with Crippen LogP contribution < -0.4 is 9.47 Å². The highest BCUT2D eigenvalue weighted by atomic mass is 16.7. The third-order valence-electron chi connectivity index (χ3n) is 4.37. The largest absolute Gasteiger partial charge is 0.454 e. The summed E-state index contributed by atoms with van der Waals surface area (Å²) < 4.78 is 10.7. The number of fused-ring (bicyclic) bond motifs is 2. The number of hydrogen-bond donors (Lipinski definition) is 0. The Labute approximate surface area is 157 Å². The molecule has 6 nitrogen and oxygen atoms in total. The molecule has 0 bridgehead atoms. The van der Waals surface area contributed by atoms with E-state index in [1.807, 2.05) is 49.4 Å². The molecule has 1 aromatic heterocycles. The van der Waals surface area contributed by atoms with Crippen LogP contribution in [0.4, 0.5) is 0 Å². The summed E-state index contributed by atoms with van der Waals surface area (Å²) in [5, 5.41) is 0. The zero-order chi connectivity index (χ0) is 18.6. The van der Waals surface area contributed by atoms with Gasteiger partial charge in [-0.05, 0) is 42.8 Å². The van der Waals surface area contributed by atoms with Gasteiger partial charge < -0.3 is 14.4 Å². The highest BCUT2D eigenvalue weighted by molar-refractivity contribution is 5.91. The Morgan fingerprint density at radius 2 is 1.96 bits per heavy atom. The minimum atomic E-state index is -0.0786. The minimum Gasteiger partial charge on any atom is -0.454 e. The van der Waals surface area contributed by atoms with Crippen molar-refractivity contribution in [1.29, 1.82) is 0 Å². The zero-order valence-corrected chi connectivity index (χ0v) is 15.0. The molecule has 2 aromatic carbocycles. The number of para-hydroxylation sites is 2. The second kappa shape index (κ2) is 7.45. The van der Waals surface area contributed by atoms with E-state index in [-0.39, 0.29) is 12.7 Å². The lowest BCUT2D eigenvalue weighted by atomic mass is 10.2. The van der Waals surface area contributed by atoms with Gasteiger partial charge in [0.05, 0.1) is 22.9 Å². The molecule has 0 saturated heterocycles. The molecule has 1 amide bonds. The standard InChI is InChI=1S/C21H19N3O3/c1-2-24(13-15-7-9-19-20(11-15)27-14-26-19)21(25)10-8-16-12-22-17-5-3-4-6-18(17)23-16/h3-12H,2,13-14H2,1H3/b10-8+. The molecular formula is C21H19N3O3. The molecule has 1 aliphatic heterocycles. The Morgan fingerprint density at radius 3 is 2.81 bits per heavy atom. The lowest BCUT2D eigenvalue weighted by molar-refractivity contribution is -0.126. The summed E-state index contributed by atoms with van der Waals surface area (Å²) in [4.78, 5) is 23.2. The van der Waals surface area contributed by atoms with E-state index in [4.69, 9.17) is 9.47 Å². The third kappa shape index (κ3) is 3.74. The van der Waals surface area contributed by atoms with Gasteiger partial charge in [0.1, 0.15) is 0 Å². The fourth-order valence-corrected chi connectivity index (χ4v) is 2.92. The normalized spacial score (nSPS) is 12.6. The van der Waals surface area contributed by atoms with Crippen LogP contribution in [0.15, 0.2) is 54.7 Å². The predicted octanol–water partition coefficient (Wildman–Crippen LogP) is 3.42. The maximum Gasteiger partial charge on any atom is 0.246 e. The molecule has 0 aliphatic carbocycles. The number of nitrogens with zero attached hydrogens (tertiary/aromatic N) is 3. The summed E-state index contributed by atoms with van der Waals surface area (Å²) in [7, 11) is 0. The number of ether oxygens (including phenoxy) is 2. The van der Waals surface area contributed by atoms with Crippen LogP contribution in [-0.2, 0) is 11.3 Å². The Balaban J connectivity index is 1.47. The summed E-state index contributed by atoms with van der Waals surface area (Å²) in [6, 6.07) is 13.4. The highest BCUT2D eigenvalue weighted by Gasteiger charge is 2.15. The van der Waals surface area contributed by atoms with Crippen molar-refractivity contribution >= 4 is 23.0 Å². The van der Waals surface area contributed by atoms with Crippen molar-refractivity contribution in [2.45, 2.75) is 13.5 Å². The van der Waals surface area contributed by atoms with Crippen molar-refractivity contribution in [3.05, 3.63) is 66.0 Å². The summed E-state index contributed by atoms with van der Waals surface area (Å²) in [5.74, 6) is 1.38. The Kier molecular flexibility index (Phi) is 4.70. The van der Waals surface area contributed by atoms with E-state index in [9.17, 15) is 4.79 Å². The average molecular weight is 361 g/mol. The molecule has 0 unspecified atom stereocenters. The maximum absolute atomic E-state index is 12.6. The molecule has 0 N–H and O–H groups in total. The highest BCUT2D eigenvalue weighted by Crippen LogP contribution is 2.32. The first-order chi connectivity index (χ1) is 13.2. The first kappa shape index (κ1) is 17.0. The summed E-state index contributed by atoms with van der Waals surface area (Å²) in [5.41, 5.74) is 3.29. The molecule has 0 spiro atoms. The topological polar surface area (TPSA) is 64.6 Å². The van der Waals surface area contributed by atoms with Gasteiger partial charge in [0.2, 0.25) is 12.7 Å². The Bertz CT molecular complexity index is 1020. The first-order valence-electron chi connectivity index (χ1n) is 8.80. The number of rotatable bonds is 5. The fourth-order valence-electron chi connectivity index (χ4n) is 2.92. The Morgan fingerprint density at radius 1 is 1.15 bits per heavy atom. The molecule has 4 rings (SSSR count). The van der Waals surface area contributed by atoms with Crippen molar-refractivity contribution in [3.63, 3.8) is 0 Å². The SMILES string of the molecule is CCN(Cc1ccc2c(c1)OCO2)C(=O)/C=C/c1cnc2ccccc2n1. The molecule has 3 aromatic rings. The molecule has 6 heteroatoms. The number of carbonyl (C=O) groups is 1. The van der Waals surface area contributed by atoms with Gasteiger partial charge in [-0.2, -0.15) is 0 Å². The van der Waals surface area contributed by atoms with Crippen molar-refractivity contribution in [2.75, 3.05) is 13.3 Å². The number of hydrogen-bond acceptors (Lipinski definition) is 5. The van der Waals surface area contributed by atoms with E-state index in [0.29, 0.717) is 18.8 Å². The van der Waals surface area contributed by atoms with Crippen LogP contribution in [-0.4, -0.2) is 34.1 Å². The van der Waals surface area contributed by atoms with Gasteiger partial charge >= 0.3 is 0 Å². The molecule has 2 heterocycles. The number of likely N-dealkylation sites (N-methyl/N-ethyl adjacent to an activating group) is 1. The molecule has 1 aliphatic rings. The number of aromatic nitrogens is 2. The van der Waals surface area contributed by atoms with E-state index >= 15 is 0 Å². The molecule has 136 valence electrons. The van der Waals surface area contributed by atoms with Crippen molar-refractivity contribution in [2.24, 2.45) is 0 Å². The lowest BCUT2D eigenvalue weighted by Crippen LogP contribution is -2.28. The van der Waals surface area contributed by atoms with Crippen LogP contribution in [0.3, 0.4) is 0 Å². The molecule has 27 heavy (non-hydrogen) atoms. The maximum atomic E-state index is 12.6. The third-order valence-corrected chi connectivity index (χ3v) is 4.37. The van der Waals surface area contributed by atoms with Crippen LogP contribution in [0.1, 0.15) is 18.2 Å². The molecule has 0 radical (unpaired) electrons. The fraction of sp³-hybridized carbons (Fsp3) is 0.190. The van der Waals surface area contributed by atoms with Gasteiger partial charge in [0.15, 0.2) is 11.5 Å². The second-order valence-corrected chi connectivity index (χ2v) is 6.16. The summed E-state index contributed by atoms with van der Waals surface area (Å²) >= 11 is 0. The minimum absolute atomic E-state index is 0.0786. The van der Waals surface area contributed by atoms with Gasteiger partial charge in [0.25, 0.3) is 0 Å². The second-order valence-electron chi connectivity index (χ2n) is 6.16. The molecule has 0 fully saturated rings. The van der Waals surface area contributed by atoms with Gasteiger partial charge in [0, 0.05) is 19.2 Å². The van der Waals surface area contributed by atoms with Gasteiger partial charge in [-0.3, -0.25) is 9.78 Å². The first-order valence-corrected chi connectivity index (χ1v) is 8.80. The smallest absolute Gasteiger partial charge is 0.246 e. The molecular weight excluding hydrogens is 342 g/mol. The van der Waals surface area contributed by atoms with Gasteiger partial charge in [-0.1, -0.05) is 18.2 Å². The average Bonchev–Trinajstić information content (AvgIpc) is 3.18. The van der Waals surface area contributed by atoms with E-state index in [0.717, 1.165) is 28.1 Å². The lowest BCUT2D eigenvalue weighted by Gasteiger charge is -2.19. The van der Waals surface area contributed by atoms with E-state index in [1.165, 1.54) is 6.08 Å². The quantitative estimate of drug-likeness (QED) is 0.652. The predicted molar refractivity (Wildman–Crippen MR) is 102 cm³/mol. The van der Waals surface area contributed by atoms with Crippen LogP contribution in [0.25, 0.3) is 17.1 Å². The summed E-state index contributed by atoms with van der Waals surface area (Å²) in [6.07, 6.45) is 4.90.